The monoisotopic (exact) mass is 487 g/mol. The Bertz CT molecular complexity index is 722. The Balaban J connectivity index is 2.21. The molecule has 0 radical (unpaired) electrons. The number of benzene rings is 1. The van der Waals surface area contributed by atoms with Crippen LogP contribution in [0.2, 0.25) is 0 Å². The number of unbranched alkanes of at least 4 members (excludes halogenated alkanes) is 3. The Kier molecular flexibility index (Phi) is 14.8. The zero-order valence-electron chi connectivity index (χ0n) is 19.5. The van der Waals surface area contributed by atoms with E-state index in [9.17, 15) is 14.2 Å². The van der Waals surface area contributed by atoms with Crippen LogP contribution < -0.4 is 5.32 Å². The first-order valence-corrected chi connectivity index (χ1v) is 14.3. The highest BCUT2D eigenvalue weighted by Gasteiger charge is 2.14. The summed E-state index contributed by atoms with van der Waals surface area (Å²) in [5.74, 6) is 1.37. The molecule has 7 nitrogen and oxygen atoms in total. The molecule has 0 saturated carbocycles. The average Bonchev–Trinajstić information content (AvgIpc) is 2.74. The van der Waals surface area contributed by atoms with Gasteiger partial charge in [0.2, 0.25) is 5.91 Å². The molecule has 0 saturated heterocycles. The van der Waals surface area contributed by atoms with Crippen LogP contribution in [0.3, 0.4) is 0 Å². The van der Waals surface area contributed by atoms with E-state index in [1.54, 1.807) is 18.9 Å². The van der Waals surface area contributed by atoms with Gasteiger partial charge in [0.25, 0.3) is 0 Å². The van der Waals surface area contributed by atoms with E-state index < -0.39 is 7.60 Å². The SMILES string of the molecule is COCCCSCC(=O)c1ccc(CC(C)C(=O)NCCCCCCOP(C)(=O)O)cc1. The standard InChI is InChI=1S/C23H38NO6PS/c1-19(23(26)24-13-6-4-5-7-15-30-31(3,27)28)17-20-9-11-21(12-10-20)22(25)18-32-16-8-14-29-2/h9-12,19H,4-8,13-18H2,1-3H3,(H,24,26)(H,27,28). The first kappa shape index (κ1) is 28.9. The second kappa shape index (κ2) is 16.4. The molecule has 1 rings (SSSR count). The van der Waals surface area contributed by atoms with E-state index in [2.05, 4.69) is 5.32 Å². The largest absolute Gasteiger partial charge is 0.385 e. The second-order valence-electron chi connectivity index (χ2n) is 7.97. The molecule has 2 unspecified atom stereocenters. The van der Waals surface area contributed by atoms with Gasteiger partial charge in [0.05, 0.1) is 12.4 Å². The van der Waals surface area contributed by atoms with Crippen molar-refractivity contribution in [3.63, 3.8) is 0 Å². The van der Waals surface area contributed by atoms with Crippen molar-refractivity contribution < 1.29 is 28.3 Å². The highest BCUT2D eigenvalue weighted by molar-refractivity contribution is 7.99. The van der Waals surface area contributed by atoms with Crippen LogP contribution in [0.4, 0.5) is 0 Å². The fraction of sp³-hybridized carbons (Fsp3) is 0.652. The van der Waals surface area contributed by atoms with Gasteiger partial charge in [0, 0.05) is 38.4 Å². The highest BCUT2D eigenvalue weighted by Crippen LogP contribution is 2.36. The molecule has 1 aromatic carbocycles. The normalized spacial score (nSPS) is 14.0. The number of carbonyl (C=O) groups is 2. The summed E-state index contributed by atoms with van der Waals surface area (Å²) in [6, 6.07) is 7.54. The van der Waals surface area contributed by atoms with Gasteiger partial charge >= 0.3 is 7.60 Å². The zero-order valence-corrected chi connectivity index (χ0v) is 21.2. The Morgan fingerprint density at radius 1 is 1.09 bits per heavy atom. The molecule has 0 fully saturated rings. The summed E-state index contributed by atoms with van der Waals surface area (Å²) in [5, 5.41) is 2.96. The van der Waals surface area contributed by atoms with Crippen molar-refractivity contribution in [2.75, 3.05) is 45.0 Å². The number of Topliss-reactive ketones (excluding diaryl/α,β-unsaturated/α-hetero) is 1. The molecule has 9 heteroatoms. The van der Waals surface area contributed by atoms with E-state index in [1.165, 1.54) is 6.66 Å². The number of rotatable bonds is 18. The smallest absolute Gasteiger partial charge is 0.325 e. The molecular weight excluding hydrogens is 449 g/mol. The third kappa shape index (κ3) is 14.1. The number of methoxy groups -OCH3 is 1. The van der Waals surface area contributed by atoms with Crippen molar-refractivity contribution >= 4 is 31.0 Å². The molecule has 32 heavy (non-hydrogen) atoms. The van der Waals surface area contributed by atoms with Crippen molar-refractivity contribution in [2.24, 2.45) is 5.92 Å². The van der Waals surface area contributed by atoms with Gasteiger partial charge in [0.15, 0.2) is 5.78 Å². The molecule has 1 amide bonds. The maximum absolute atomic E-state index is 12.3. The molecule has 2 atom stereocenters. The molecule has 0 heterocycles. The van der Waals surface area contributed by atoms with E-state index in [-0.39, 0.29) is 24.2 Å². The molecule has 0 spiro atoms. The fourth-order valence-electron chi connectivity index (χ4n) is 3.03. The minimum Gasteiger partial charge on any atom is -0.385 e. The summed E-state index contributed by atoms with van der Waals surface area (Å²) >= 11 is 1.62. The number of amides is 1. The van der Waals surface area contributed by atoms with Gasteiger partial charge in [-0.2, -0.15) is 11.8 Å². The molecule has 182 valence electrons. The van der Waals surface area contributed by atoms with Crippen molar-refractivity contribution in [1.82, 2.24) is 5.32 Å². The van der Waals surface area contributed by atoms with Crippen LogP contribution in [0.25, 0.3) is 0 Å². The molecule has 2 N–H and O–H groups in total. The lowest BCUT2D eigenvalue weighted by Crippen LogP contribution is -2.31. The number of hydrogen-bond donors (Lipinski definition) is 2. The molecule has 0 bridgehead atoms. The minimum absolute atomic E-state index is 0.0214. The lowest BCUT2D eigenvalue weighted by molar-refractivity contribution is -0.124. The van der Waals surface area contributed by atoms with Gasteiger partial charge in [-0.25, -0.2) is 0 Å². The van der Waals surface area contributed by atoms with E-state index in [4.69, 9.17) is 14.2 Å². The van der Waals surface area contributed by atoms with Gasteiger partial charge in [-0.1, -0.05) is 44.0 Å². The van der Waals surface area contributed by atoms with Crippen molar-refractivity contribution in [3.05, 3.63) is 35.4 Å². The van der Waals surface area contributed by atoms with Gasteiger partial charge < -0.3 is 19.5 Å². The van der Waals surface area contributed by atoms with E-state index in [0.717, 1.165) is 43.4 Å². The first-order valence-electron chi connectivity index (χ1n) is 11.1. The molecule has 1 aromatic rings. The van der Waals surface area contributed by atoms with Crippen LogP contribution in [0.1, 0.15) is 54.9 Å². The topological polar surface area (TPSA) is 102 Å². The number of nitrogens with one attached hydrogen (secondary N) is 1. The number of carbonyl (C=O) groups excluding carboxylic acids is 2. The van der Waals surface area contributed by atoms with Crippen LogP contribution in [0.5, 0.6) is 0 Å². The zero-order chi connectivity index (χ0) is 23.8. The van der Waals surface area contributed by atoms with Crippen molar-refractivity contribution in [3.8, 4) is 0 Å². The maximum atomic E-state index is 12.3. The fourth-order valence-corrected chi connectivity index (χ4v) is 4.31. The summed E-state index contributed by atoms with van der Waals surface area (Å²) in [5.41, 5.74) is 1.74. The lowest BCUT2D eigenvalue weighted by Gasteiger charge is -2.13. The van der Waals surface area contributed by atoms with E-state index in [1.807, 2.05) is 31.2 Å². The van der Waals surface area contributed by atoms with Gasteiger partial charge in [-0.3, -0.25) is 14.2 Å². The van der Waals surface area contributed by atoms with Gasteiger partial charge in [0.1, 0.15) is 0 Å². The van der Waals surface area contributed by atoms with Crippen LogP contribution in [0, 0.1) is 5.92 Å². The van der Waals surface area contributed by atoms with Crippen LogP contribution >= 0.6 is 19.4 Å². The summed E-state index contributed by atoms with van der Waals surface area (Å²) in [6.07, 6.45) is 4.98. The molecule has 0 aliphatic carbocycles. The predicted molar refractivity (Wildman–Crippen MR) is 131 cm³/mol. The molecular formula is C23H38NO6PS. The van der Waals surface area contributed by atoms with Crippen molar-refractivity contribution in [2.45, 2.75) is 45.4 Å². The number of ether oxygens (including phenoxy) is 1. The third-order valence-electron chi connectivity index (χ3n) is 4.84. The Hall–Kier alpha value is -1.18. The quantitative estimate of drug-likeness (QED) is 0.181. The molecule has 0 aliphatic heterocycles. The Morgan fingerprint density at radius 3 is 2.44 bits per heavy atom. The predicted octanol–water partition coefficient (Wildman–Crippen LogP) is 4.33. The number of hydrogen-bond acceptors (Lipinski definition) is 6. The first-order chi connectivity index (χ1) is 15.2. The van der Waals surface area contributed by atoms with Gasteiger partial charge in [-0.05, 0) is 37.0 Å². The summed E-state index contributed by atoms with van der Waals surface area (Å²) in [7, 11) is -1.70. The van der Waals surface area contributed by atoms with Crippen molar-refractivity contribution in [1.29, 1.82) is 0 Å². The number of thioether (sulfide) groups is 1. The second-order valence-corrected chi connectivity index (χ2v) is 10.9. The lowest BCUT2D eigenvalue weighted by atomic mass is 9.98. The number of ketones is 1. The average molecular weight is 488 g/mol. The third-order valence-corrected chi connectivity index (χ3v) is 6.54. The van der Waals surface area contributed by atoms with Crippen LogP contribution in [-0.2, 0) is 25.0 Å². The summed E-state index contributed by atoms with van der Waals surface area (Å²) < 4.78 is 20.8. The summed E-state index contributed by atoms with van der Waals surface area (Å²) in [4.78, 5) is 33.6. The van der Waals surface area contributed by atoms with Crippen LogP contribution in [0.15, 0.2) is 24.3 Å². The maximum Gasteiger partial charge on any atom is 0.325 e. The minimum atomic E-state index is -3.38. The highest BCUT2D eigenvalue weighted by atomic mass is 32.2. The summed E-state index contributed by atoms with van der Waals surface area (Å²) in [6.45, 7) is 4.70. The van der Waals surface area contributed by atoms with Gasteiger partial charge in [-0.15, -0.1) is 0 Å². The Morgan fingerprint density at radius 2 is 1.78 bits per heavy atom. The molecule has 0 aromatic heterocycles. The van der Waals surface area contributed by atoms with Crippen LogP contribution in [-0.4, -0.2) is 61.6 Å². The Labute approximate surface area is 196 Å². The van der Waals surface area contributed by atoms with E-state index in [0.29, 0.717) is 30.9 Å². The molecule has 0 aliphatic rings. The van der Waals surface area contributed by atoms with E-state index >= 15 is 0 Å².